The van der Waals surface area contributed by atoms with Crippen LogP contribution in [0.1, 0.15) is 73.0 Å². The maximum atomic E-state index is 14.8. The fourth-order valence-corrected chi connectivity index (χ4v) is 6.84. The number of piperidine rings is 2. The number of likely N-dealkylation sites (tertiary alicyclic amines) is 2. The highest BCUT2D eigenvalue weighted by atomic mass is 19.1. The molecule has 3 heterocycles. The van der Waals surface area contributed by atoms with Crippen LogP contribution in [0.5, 0.6) is 0 Å². The van der Waals surface area contributed by atoms with Gasteiger partial charge in [0.1, 0.15) is 5.82 Å². The number of nitrogens with zero attached hydrogens (tertiary/aromatic N) is 3. The molecule has 42 heavy (non-hydrogen) atoms. The number of carbonyl (C=O) groups is 1. The SMILES string of the molecule is CCC(NC(=O)c1c(CN2CCC(N3CCCCC3)CC2)c(-c2ccccc2)nc2ccccc12)c1ccccc1F. The summed E-state index contributed by atoms with van der Waals surface area (Å²) in [5, 5.41) is 4.04. The van der Waals surface area contributed by atoms with E-state index in [2.05, 4.69) is 27.2 Å². The molecule has 1 atom stereocenters. The maximum Gasteiger partial charge on any atom is 0.252 e. The lowest BCUT2D eigenvalue weighted by Gasteiger charge is -2.40. The number of halogens is 1. The third-order valence-corrected chi connectivity index (χ3v) is 9.11. The van der Waals surface area contributed by atoms with Crippen molar-refractivity contribution in [1.82, 2.24) is 20.1 Å². The summed E-state index contributed by atoms with van der Waals surface area (Å²) in [5.41, 5.74) is 4.72. The van der Waals surface area contributed by atoms with Gasteiger partial charge >= 0.3 is 0 Å². The zero-order valence-electron chi connectivity index (χ0n) is 24.6. The Morgan fingerprint density at radius 1 is 0.905 bits per heavy atom. The lowest BCUT2D eigenvalue weighted by Crippen LogP contribution is -2.46. The van der Waals surface area contributed by atoms with E-state index in [4.69, 9.17) is 4.98 Å². The van der Waals surface area contributed by atoms with Crippen LogP contribution in [0, 0.1) is 5.82 Å². The van der Waals surface area contributed by atoms with E-state index in [0.29, 0.717) is 30.1 Å². The smallest absolute Gasteiger partial charge is 0.252 e. The molecule has 2 fully saturated rings. The Labute approximate surface area is 248 Å². The number of nitrogens with one attached hydrogen (secondary N) is 1. The van der Waals surface area contributed by atoms with Crippen molar-refractivity contribution < 1.29 is 9.18 Å². The first-order valence-corrected chi connectivity index (χ1v) is 15.6. The van der Waals surface area contributed by atoms with Crippen LogP contribution in [0.3, 0.4) is 0 Å². The highest BCUT2D eigenvalue weighted by Gasteiger charge is 2.29. The number of benzene rings is 3. The molecule has 0 radical (unpaired) electrons. The Hall–Kier alpha value is -3.61. The molecule has 2 saturated heterocycles. The summed E-state index contributed by atoms with van der Waals surface area (Å²) >= 11 is 0. The van der Waals surface area contributed by atoms with Crippen LogP contribution in [-0.2, 0) is 6.54 Å². The van der Waals surface area contributed by atoms with Gasteiger partial charge in [-0.1, -0.05) is 80.1 Å². The van der Waals surface area contributed by atoms with Crippen molar-refractivity contribution in [3.05, 3.63) is 101 Å². The van der Waals surface area contributed by atoms with Gasteiger partial charge in [0, 0.05) is 34.7 Å². The Balaban J connectivity index is 1.37. The van der Waals surface area contributed by atoms with Crippen molar-refractivity contribution >= 4 is 16.8 Å². The standard InChI is InChI=1S/C36H41FN4O/c1-2-32(28-15-7-9-17-31(28)37)39-36(42)34-29-16-8-10-18-33(29)38-35(26-13-5-3-6-14-26)30(34)25-40-23-19-27(20-24-40)41-21-11-4-12-22-41/h3,5-10,13-18,27,32H,2,4,11-12,19-25H2,1H3,(H,39,42). The van der Waals surface area contributed by atoms with Gasteiger partial charge in [0.15, 0.2) is 0 Å². The van der Waals surface area contributed by atoms with Gasteiger partial charge in [0.25, 0.3) is 5.91 Å². The van der Waals surface area contributed by atoms with Crippen molar-refractivity contribution in [3.8, 4) is 11.3 Å². The lowest BCUT2D eigenvalue weighted by atomic mass is 9.93. The first-order chi connectivity index (χ1) is 20.6. The summed E-state index contributed by atoms with van der Waals surface area (Å²) in [5.74, 6) is -0.481. The monoisotopic (exact) mass is 564 g/mol. The number of hydrogen-bond donors (Lipinski definition) is 1. The fourth-order valence-electron chi connectivity index (χ4n) is 6.84. The molecular formula is C36H41FN4O. The first kappa shape index (κ1) is 28.5. The number of carbonyl (C=O) groups excluding carboxylic acids is 1. The first-order valence-electron chi connectivity index (χ1n) is 15.6. The number of hydrogen-bond acceptors (Lipinski definition) is 4. The molecule has 5 nitrogen and oxygen atoms in total. The second-order valence-corrected chi connectivity index (χ2v) is 11.8. The van der Waals surface area contributed by atoms with E-state index in [1.54, 1.807) is 12.1 Å². The predicted molar refractivity (Wildman–Crippen MR) is 168 cm³/mol. The molecule has 218 valence electrons. The Bertz CT molecular complexity index is 1510. The second-order valence-electron chi connectivity index (χ2n) is 11.8. The molecule has 2 aliphatic rings. The Morgan fingerprint density at radius 3 is 2.33 bits per heavy atom. The van der Waals surface area contributed by atoms with Gasteiger partial charge in [-0.15, -0.1) is 0 Å². The van der Waals surface area contributed by atoms with Crippen molar-refractivity contribution in [1.29, 1.82) is 0 Å². The van der Waals surface area contributed by atoms with Crippen LogP contribution in [0.15, 0.2) is 78.9 Å². The van der Waals surface area contributed by atoms with Crippen LogP contribution in [0.25, 0.3) is 22.2 Å². The average molecular weight is 565 g/mol. The highest BCUT2D eigenvalue weighted by Crippen LogP contribution is 2.33. The van der Waals surface area contributed by atoms with E-state index in [-0.39, 0.29) is 11.7 Å². The minimum atomic E-state index is -0.432. The molecule has 0 aliphatic carbocycles. The van der Waals surface area contributed by atoms with Gasteiger partial charge in [0.2, 0.25) is 0 Å². The van der Waals surface area contributed by atoms with Gasteiger partial charge in [-0.3, -0.25) is 9.69 Å². The third kappa shape index (κ3) is 6.11. The van der Waals surface area contributed by atoms with E-state index in [0.717, 1.165) is 53.7 Å². The molecule has 1 amide bonds. The summed E-state index contributed by atoms with van der Waals surface area (Å²) in [6.45, 7) is 7.07. The van der Waals surface area contributed by atoms with Crippen molar-refractivity contribution in [3.63, 3.8) is 0 Å². The minimum absolute atomic E-state index is 0.181. The van der Waals surface area contributed by atoms with Crippen LogP contribution >= 0.6 is 0 Å². The van der Waals surface area contributed by atoms with Gasteiger partial charge in [0.05, 0.1) is 22.8 Å². The molecule has 0 spiro atoms. The normalized spacial score (nSPS) is 17.8. The van der Waals surface area contributed by atoms with E-state index in [1.807, 2.05) is 55.5 Å². The zero-order valence-corrected chi connectivity index (χ0v) is 24.6. The van der Waals surface area contributed by atoms with Crippen molar-refractivity contribution in [2.45, 2.75) is 64.1 Å². The van der Waals surface area contributed by atoms with Crippen LogP contribution in [0.2, 0.25) is 0 Å². The van der Waals surface area contributed by atoms with Crippen LogP contribution in [0.4, 0.5) is 4.39 Å². The number of para-hydroxylation sites is 1. The Kier molecular flexibility index (Phi) is 8.92. The molecule has 4 aromatic rings. The molecular weight excluding hydrogens is 523 g/mol. The average Bonchev–Trinajstić information content (AvgIpc) is 3.04. The summed E-state index contributed by atoms with van der Waals surface area (Å²) in [6, 6.07) is 25.0. The largest absolute Gasteiger partial charge is 0.345 e. The number of aromatic nitrogens is 1. The topological polar surface area (TPSA) is 48.5 Å². The van der Waals surface area contributed by atoms with Gasteiger partial charge in [-0.2, -0.15) is 0 Å². The quantitative estimate of drug-likeness (QED) is 0.243. The molecule has 0 bridgehead atoms. The van der Waals surface area contributed by atoms with Crippen molar-refractivity contribution in [2.75, 3.05) is 26.2 Å². The van der Waals surface area contributed by atoms with Gasteiger partial charge in [-0.25, -0.2) is 9.37 Å². The molecule has 1 aromatic heterocycles. The zero-order chi connectivity index (χ0) is 28.9. The van der Waals surface area contributed by atoms with E-state index in [1.165, 1.54) is 38.4 Å². The van der Waals surface area contributed by atoms with E-state index < -0.39 is 6.04 Å². The molecule has 3 aromatic carbocycles. The maximum absolute atomic E-state index is 14.8. The molecule has 2 aliphatic heterocycles. The Morgan fingerprint density at radius 2 is 1.60 bits per heavy atom. The van der Waals surface area contributed by atoms with Gasteiger partial charge < -0.3 is 10.2 Å². The number of rotatable bonds is 8. The molecule has 6 rings (SSSR count). The van der Waals surface area contributed by atoms with Gasteiger partial charge in [-0.05, 0) is 70.4 Å². The minimum Gasteiger partial charge on any atom is -0.345 e. The number of pyridine rings is 1. The van der Waals surface area contributed by atoms with Crippen molar-refractivity contribution in [2.24, 2.45) is 0 Å². The second kappa shape index (κ2) is 13.1. The lowest BCUT2D eigenvalue weighted by molar-refractivity contribution is 0.0882. The highest BCUT2D eigenvalue weighted by molar-refractivity contribution is 6.09. The van der Waals surface area contributed by atoms with Crippen LogP contribution < -0.4 is 5.32 Å². The number of amides is 1. The summed E-state index contributed by atoms with van der Waals surface area (Å²) in [4.78, 5) is 24.7. The van der Waals surface area contributed by atoms with Crippen LogP contribution in [-0.4, -0.2) is 52.9 Å². The molecule has 1 N–H and O–H groups in total. The summed E-state index contributed by atoms with van der Waals surface area (Å²) in [6.07, 6.45) is 6.86. The number of fused-ring (bicyclic) bond motifs is 1. The molecule has 1 unspecified atom stereocenters. The summed E-state index contributed by atoms with van der Waals surface area (Å²) in [7, 11) is 0. The summed E-state index contributed by atoms with van der Waals surface area (Å²) < 4.78 is 14.8. The van der Waals surface area contributed by atoms with E-state index >= 15 is 0 Å². The predicted octanol–water partition coefficient (Wildman–Crippen LogP) is 7.37. The molecule has 0 saturated carbocycles. The molecule has 6 heteroatoms. The fraction of sp³-hybridized carbons (Fsp3) is 0.389. The third-order valence-electron chi connectivity index (χ3n) is 9.11. The van der Waals surface area contributed by atoms with E-state index in [9.17, 15) is 9.18 Å².